The number of morpholine rings is 1. The number of hydrogen-bond acceptors (Lipinski definition) is 5. The highest BCUT2D eigenvalue weighted by Gasteiger charge is 2.14. The van der Waals surface area contributed by atoms with E-state index < -0.39 is 0 Å². The summed E-state index contributed by atoms with van der Waals surface area (Å²) in [7, 11) is 0. The molecule has 0 radical (unpaired) electrons. The maximum absolute atomic E-state index is 12.6. The Hall–Kier alpha value is -2.90. The molecule has 1 aliphatic heterocycles. The zero-order valence-electron chi connectivity index (χ0n) is 18.3. The number of carbonyl (C=O) groups is 2. The maximum atomic E-state index is 12.6. The van der Waals surface area contributed by atoms with Gasteiger partial charge in [0.05, 0.1) is 24.5 Å². The molecule has 0 spiro atoms. The molecule has 0 atom stereocenters. The van der Waals surface area contributed by atoms with Crippen LogP contribution in [0, 0.1) is 13.8 Å². The third-order valence-corrected chi connectivity index (χ3v) is 5.05. The van der Waals surface area contributed by atoms with Gasteiger partial charge in [-0.3, -0.25) is 14.5 Å². The van der Waals surface area contributed by atoms with Crippen LogP contribution in [-0.4, -0.2) is 62.7 Å². The number of ether oxygens (including phenoxy) is 2. The van der Waals surface area contributed by atoms with Gasteiger partial charge in [-0.05, 0) is 62.2 Å². The first-order valence-electron chi connectivity index (χ1n) is 10.7. The Morgan fingerprint density at radius 1 is 1.06 bits per heavy atom. The van der Waals surface area contributed by atoms with E-state index in [9.17, 15) is 9.59 Å². The van der Waals surface area contributed by atoms with Crippen LogP contribution < -0.4 is 15.4 Å². The molecule has 2 aromatic rings. The van der Waals surface area contributed by atoms with Crippen LogP contribution in [0.4, 0.5) is 5.69 Å². The van der Waals surface area contributed by atoms with Crippen molar-refractivity contribution in [1.82, 2.24) is 10.2 Å². The average Bonchev–Trinajstić information content (AvgIpc) is 2.76. The monoisotopic (exact) mass is 425 g/mol. The van der Waals surface area contributed by atoms with Crippen LogP contribution in [0.5, 0.6) is 5.75 Å². The van der Waals surface area contributed by atoms with E-state index in [4.69, 9.17) is 9.47 Å². The summed E-state index contributed by atoms with van der Waals surface area (Å²) < 4.78 is 11.0. The second-order valence-electron chi connectivity index (χ2n) is 7.77. The number of nitrogens with one attached hydrogen (secondary N) is 2. The van der Waals surface area contributed by atoms with Crippen LogP contribution >= 0.6 is 0 Å². The molecule has 3 rings (SSSR count). The van der Waals surface area contributed by atoms with Crippen LogP contribution in [0.15, 0.2) is 42.5 Å². The molecule has 1 heterocycles. The summed E-state index contributed by atoms with van der Waals surface area (Å²) in [6.07, 6.45) is 0.865. The summed E-state index contributed by atoms with van der Waals surface area (Å²) in [6.45, 7) is 8.76. The summed E-state index contributed by atoms with van der Waals surface area (Å²) in [5.74, 6) is 0.138. The fourth-order valence-corrected chi connectivity index (χ4v) is 3.57. The lowest BCUT2D eigenvalue weighted by Crippen LogP contribution is -2.38. The van der Waals surface area contributed by atoms with Gasteiger partial charge in [0, 0.05) is 19.6 Å². The maximum Gasteiger partial charge on any atom is 0.262 e. The Bertz CT molecular complexity index is 874. The van der Waals surface area contributed by atoms with Gasteiger partial charge in [0.2, 0.25) is 0 Å². The SMILES string of the molecule is Cc1cc(C)cc(OCC(=O)Nc2ccccc2C(=O)NCCCN2CCOCC2)c1. The molecule has 0 bridgehead atoms. The largest absolute Gasteiger partial charge is 0.484 e. The molecular weight excluding hydrogens is 394 g/mol. The molecule has 1 aliphatic rings. The second-order valence-corrected chi connectivity index (χ2v) is 7.77. The van der Waals surface area contributed by atoms with Crippen molar-refractivity contribution in [2.24, 2.45) is 0 Å². The van der Waals surface area contributed by atoms with E-state index in [-0.39, 0.29) is 18.4 Å². The van der Waals surface area contributed by atoms with E-state index in [0.717, 1.165) is 50.4 Å². The van der Waals surface area contributed by atoms with Gasteiger partial charge < -0.3 is 20.1 Å². The van der Waals surface area contributed by atoms with Gasteiger partial charge in [-0.15, -0.1) is 0 Å². The van der Waals surface area contributed by atoms with Crippen molar-refractivity contribution < 1.29 is 19.1 Å². The first kappa shape index (κ1) is 22.8. The highest BCUT2D eigenvalue weighted by Crippen LogP contribution is 2.17. The van der Waals surface area contributed by atoms with Crippen LogP contribution in [0.2, 0.25) is 0 Å². The van der Waals surface area contributed by atoms with E-state index >= 15 is 0 Å². The van der Waals surface area contributed by atoms with E-state index in [1.807, 2.05) is 32.0 Å². The Balaban J connectivity index is 1.48. The van der Waals surface area contributed by atoms with Crippen LogP contribution in [0.1, 0.15) is 27.9 Å². The molecule has 0 saturated carbocycles. The predicted octanol–water partition coefficient (Wildman–Crippen LogP) is 2.77. The van der Waals surface area contributed by atoms with Crippen molar-refractivity contribution in [3.05, 3.63) is 59.2 Å². The molecule has 2 N–H and O–H groups in total. The molecule has 7 heteroatoms. The lowest BCUT2D eigenvalue weighted by atomic mass is 10.1. The van der Waals surface area contributed by atoms with Gasteiger partial charge in [-0.25, -0.2) is 0 Å². The van der Waals surface area contributed by atoms with Crippen molar-refractivity contribution in [3.63, 3.8) is 0 Å². The molecule has 0 unspecified atom stereocenters. The molecule has 2 aromatic carbocycles. The third kappa shape index (κ3) is 7.38. The minimum absolute atomic E-state index is 0.127. The number of hydrogen-bond donors (Lipinski definition) is 2. The Morgan fingerprint density at radius 2 is 1.77 bits per heavy atom. The number of amides is 2. The number of anilines is 1. The van der Waals surface area contributed by atoms with Crippen molar-refractivity contribution >= 4 is 17.5 Å². The molecule has 1 fully saturated rings. The molecule has 1 saturated heterocycles. The van der Waals surface area contributed by atoms with Crippen molar-refractivity contribution in [2.75, 3.05) is 51.3 Å². The first-order valence-corrected chi connectivity index (χ1v) is 10.7. The zero-order valence-corrected chi connectivity index (χ0v) is 18.3. The predicted molar refractivity (Wildman–Crippen MR) is 121 cm³/mol. The number of carbonyl (C=O) groups excluding carboxylic acids is 2. The fraction of sp³-hybridized carbons (Fsp3) is 0.417. The summed E-state index contributed by atoms with van der Waals surface area (Å²) >= 11 is 0. The standard InChI is InChI=1S/C24H31N3O4/c1-18-14-19(2)16-20(15-18)31-17-23(28)26-22-7-4-3-6-21(22)24(29)25-8-5-9-27-10-12-30-13-11-27/h3-4,6-7,14-16H,5,8-13,17H2,1-2H3,(H,25,29)(H,26,28). The van der Waals surface area contributed by atoms with Crippen LogP contribution in [0.25, 0.3) is 0 Å². The Kier molecular flexibility index (Phi) is 8.44. The van der Waals surface area contributed by atoms with Crippen molar-refractivity contribution in [3.8, 4) is 5.75 Å². The van der Waals surface area contributed by atoms with E-state index in [2.05, 4.69) is 15.5 Å². The van der Waals surface area contributed by atoms with Gasteiger partial charge >= 0.3 is 0 Å². The number of para-hydroxylation sites is 1. The summed E-state index contributed by atoms with van der Waals surface area (Å²) in [5, 5.41) is 5.73. The topological polar surface area (TPSA) is 79.9 Å². The highest BCUT2D eigenvalue weighted by atomic mass is 16.5. The van der Waals surface area contributed by atoms with Gasteiger partial charge in [0.1, 0.15) is 5.75 Å². The highest BCUT2D eigenvalue weighted by molar-refractivity contribution is 6.04. The minimum Gasteiger partial charge on any atom is -0.484 e. The van der Waals surface area contributed by atoms with Crippen molar-refractivity contribution in [1.29, 1.82) is 0 Å². The molecule has 0 aliphatic carbocycles. The number of aryl methyl sites for hydroxylation is 2. The summed E-state index contributed by atoms with van der Waals surface area (Å²) in [5.41, 5.74) is 3.06. The summed E-state index contributed by atoms with van der Waals surface area (Å²) in [6, 6.07) is 12.8. The van der Waals surface area contributed by atoms with Crippen molar-refractivity contribution in [2.45, 2.75) is 20.3 Å². The lowest BCUT2D eigenvalue weighted by Gasteiger charge is -2.26. The molecule has 166 valence electrons. The molecule has 2 amide bonds. The second kappa shape index (κ2) is 11.5. The Labute approximate surface area is 183 Å². The van der Waals surface area contributed by atoms with Crippen LogP contribution in [0.3, 0.4) is 0 Å². The van der Waals surface area contributed by atoms with E-state index in [1.54, 1.807) is 24.3 Å². The van der Waals surface area contributed by atoms with E-state index in [1.165, 1.54) is 0 Å². The molecule has 0 aromatic heterocycles. The normalized spacial score (nSPS) is 14.1. The lowest BCUT2D eigenvalue weighted by molar-refractivity contribution is -0.118. The van der Waals surface area contributed by atoms with Crippen LogP contribution in [-0.2, 0) is 9.53 Å². The molecular formula is C24H31N3O4. The quantitative estimate of drug-likeness (QED) is 0.604. The number of benzene rings is 2. The zero-order chi connectivity index (χ0) is 22.1. The summed E-state index contributed by atoms with van der Waals surface area (Å²) in [4.78, 5) is 27.3. The van der Waals surface area contributed by atoms with Gasteiger partial charge in [0.25, 0.3) is 11.8 Å². The number of rotatable bonds is 9. The first-order chi connectivity index (χ1) is 15.0. The van der Waals surface area contributed by atoms with Gasteiger partial charge in [-0.2, -0.15) is 0 Å². The third-order valence-electron chi connectivity index (χ3n) is 5.05. The van der Waals surface area contributed by atoms with E-state index in [0.29, 0.717) is 23.5 Å². The Morgan fingerprint density at radius 3 is 2.52 bits per heavy atom. The molecule has 7 nitrogen and oxygen atoms in total. The molecule has 31 heavy (non-hydrogen) atoms. The fourth-order valence-electron chi connectivity index (χ4n) is 3.57. The van der Waals surface area contributed by atoms with Gasteiger partial charge in [0.15, 0.2) is 6.61 Å². The number of nitrogens with zero attached hydrogens (tertiary/aromatic N) is 1. The van der Waals surface area contributed by atoms with Gasteiger partial charge in [-0.1, -0.05) is 18.2 Å². The smallest absolute Gasteiger partial charge is 0.262 e. The average molecular weight is 426 g/mol. The minimum atomic E-state index is -0.313.